The molecule has 0 saturated carbocycles. The quantitative estimate of drug-likeness (QED) is 0.292. The van der Waals surface area contributed by atoms with Gasteiger partial charge in [0.2, 0.25) is 0 Å². The molecule has 3 heteroatoms. The zero-order valence-corrected chi connectivity index (χ0v) is 24.5. The third-order valence-corrected chi connectivity index (χ3v) is 6.01. The number of benzene rings is 2. The molecule has 0 aliphatic carbocycles. The fourth-order valence-corrected chi connectivity index (χ4v) is 4.02. The van der Waals surface area contributed by atoms with Crippen LogP contribution >= 0.6 is 17.0 Å². The van der Waals surface area contributed by atoms with Crippen LogP contribution in [0.25, 0.3) is 21.9 Å². The minimum absolute atomic E-state index is 0.164. The molecule has 0 saturated heterocycles. The Bertz CT molecular complexity index is 978. The summed E-state index contributed by atoms with van der Waals surface area (Å²) in [4.78, 5) is 0. The Labute approximate surface area is 208 Å². The molecule has 0 amide bonds. The molecule has 0 bridgehead atoms. The Balaban J connectivity index is 0.00000107. The van der Waals surface area contributed by atoms with E-state index in [-0.39, 0.29) is 5.41 Å². The second kappa shape index (κ2) is 11.1. The predicted octanol–water partition coefficient (Wildman–Crippen LogP) is 10.3. The van der Waals surface area contributed by atoms with Crippen LogP contribution in [-0.4, -0.2) is 0 Å². The van der Waals surface area contributed by atoms with Crippen molar-refractivity contribution in [3.8, 4) is 11.1 Å². The summed E-state index contributed by atoms with van der Waals surface area (Å²) in [6.07, 6.45) is 0. The van der Waals surface area contributed by atoms with Crippen LogP contribution in [0.4, 0.5) is 0 Å². The summed E-state index contributed by atoms with van der Waals surface area (Å²) in [5, 5.41) is 2.78. The maximum absolute atomic E-state index is 4.93. The fraction of sp³-hybridized carbons (Fsp3) is 0.464. The van der Waals surface area contributed by atoms with E-state index in [0.29, 0.717) is 17.8 Å². The zero-order valence-electron chi connectivity index (χ0n) is 20.5. The molecule has 0 atom stereocenters. The van der Waals surface area contributed by atoms with Crippen molar-refractivity contribution in [2.75, 3.05) is 0 Å². The molecule has 168 valence electrons. The molecular weight excluding hydrogens is 498 g/mol. The van der Waals surface area contributed by atoms with Crippen LogP contribution in [0.1, 0.15) is 102 Å². The summed E-state index contributed by atoms with van der Waals surface area (Å²) in [5.41, 5.74) is 8.74. The van der Waals surface area contributed by atoms with Gasteiger partial charge in [-0.05, 0) is 39.9 Å². The summed E-state index contributed by atoms with van der Waals surface area (Å²) in [5.74, 6) is 1.56. The molecular formula is C28H37Cl2Zr-. The van der Waals surface area contributed by atoms with E-state index in [1.54, 1.807) is 0 Å². The van der Waals surface area contributed by atoms with Crippen molar-refractivity contribution in [2.24, 2.45) is 0 Å². The number of rotatable bonds is 4. The van der Waals surface area contributed by atoms with E-state index in [2.05, 4.69) is 105 Å². The molecule has 0 aliphatic heterocycles. The first-order chi connectivity index (χ1) is 14.4. The van der Waals surface area contributed by atoms with Crippen LogP contribution in [0.3, 0.4) is 0 Å². The van der Waals surface area contributed by atoms with Crippen molar-refractivity contribution < 1.29 is 20.8 Å². The molecule has 3 aromatic carbocycles. The number of hydrogen-bond acceptors (Lipinski definition) is 0. The van der Waals surface area contributed by atoms with Gasteiger partial charge in [-0.1, -0.05) is 91.6 Å². The Morgan fingerprint density at radius 3 is 1.71 bits per heavy atom. The summed E-state index contributed by atoms with van der Waals surface area (Å²) in [7, 11) is 9.87. The summed E-state index contributed by atoms with van der Waals surface area (Å²) in [6, 6.07) is 16.8. The molecule has 0 spiro atoms. The molecule has 31 heavy (non-hydrogen) atoms. The van der Waals surface area contributed by atoms with Crippen molar-refractivity contribution in [3.05, 3.63) is 64.7 Å². The molecule has 0 aliphatic rings. The van der Waals surface area contributed by atoms with Crippen LogP contribution in [-0.2, 0) is 26.3 Å². The van der Waals surface area contributed by atoms with E-state index in [4.69, 9.17) is 17.0 Å². The van der Waals surface area contributed by atoms with Gasteiger partial charge < -0.3 is 0 Å². The van der Waals surface area contributed by atoms with E-state index >= 15 is 0 Å². The van der Waals surface area contributed by atoms with E-state index in [1.165, 1.54) is 44.2 Å². The second-order valence-electron chi connectivity index (χ2n) is 10.5. The van der Waals surface area contributed by atoms with Crippen molar-refractivity contribution in [1.29, 1.82) is 0 Å². The van der Waals surface area contributed by atoms with Gasteiger partial charge in [-0.3, -0.25) is 0 Å². The minimum atomic E-state index is -0.826. The first kappa shape index (κ1) is 26.8. The van der Waals surface area contributed by atoms with Crippen LogP contribution in [0.15, 0.2) is 42.5 Å². The molecule has 0 N–H and O–H groups in total. The Morgan fingerprint density at radius 2 is 1.29 bits per heavy atom. The first-order valence-electron chi connectivity index (χ1n) is 11.3. The summed E-state index contributed by atoms with van der Waals surface area (Å²) >= 11 is -0.826. The van der Waals surface area contributed by atoms with Crippen LogP contribution in [0, 0.1) is 0 Å². The standard InChI is InChI=1S/C28H37.2ClH.Zr/c1-17(2)21-12-22(18(3)4)14-23(13-21)27-25(19(5)6)11-10-20-15-24(16-26(20)27)28(7,8)9;;;/h10-19H,1-9H3;2*1H;/q-1;;;+2/p-2. The molecule has 0 heterocycles. The van der Waals surface area contributed by atoms with E-state index in [1.807, 2.05) is 0 Å². The Kier molecular flexibility index (Phi) is 9.57. The predicted molar refractivity (Wildman–Crippen MR) is 138 cm³/mol. The van der Waals surface area contributed by atoms with Crippen LogP contribution in [0.2, 0.25) is 0 Å². The third kappa shape index (κ3) is 6.53. The molecule has 0 aromatic heterocycles. The van der Waals surface area contributed by atoms with E-state index in [0.717, 1.165) is 0 Å². The van der Waals surface area contributed by atoms with Gasteiger partial charge in [0.25, 0.3) is 0 Å². The van der Waals surface area contributed by atoms with Gasteiger partial charge in [-0.25, -0.2) is 0 Å². The van der Waals surface area contributed by atoms with E-state index in [9.17, 15) is 0 Å². The Morgan fingerprint density at radius 1 is 0.774 bits per heavy atom. The average molecular weight is 536 g/mol. The average Bonchev–Trinajstić information content (AvgIpc) is 3.12. The number of halogens is 2. The number of hydrogen-bond donors (Lipinski definition) is 0. The van der Waals surface area contributed by atoms with E-state index < -0.39 is 20.8 Å². The SMILES string of the molecule is CC(C)c1cc(-c2c(C(C)C)ccc3[cH-]c(C(C)(C)C)cc23)cc(C(C)C)c1.[Cl][Zr][Cl]. The van der Waals surface area contributed by atoms with Gasteiger partial charge in [0.1, 0.15) is 0 Å². The second-order valence-corrected chi connectivity index (χ2v) is 14.2. The van der Waals surface area contributed by atoms with Gasteiger partial charge in [0, 0.05) is 0 Å². The zero-order chi connectivity index (χ0) is 23.5. The van der Waals surface area contributed by atoms with Crippen molar-refractivity contribution >= 4 is 27.8 Å². The first-order valence-corrected chi connectivity index (χ1v) is 17.6. The van der Waals surface area contributed by atoms with Gasteiger partial charge in [-0.2, -0.15) is 6.07 Å². The van der Waals surface area contributed by atoms with Gasteiger partial charge >= 0.3 is 37.9 Å². The molecule has 0 nitrogen and oxygen atoms in total. The summed E-state index contributed by atoms with van der Waals surface area (Å²) in [6.45, 7) is 20.7. The van der Waals surface area contributed by atoms with Gasteiger partial charge in [0.15, 0.2) is 0 Å². The Hall–Kier alpha value is -0.487. The molecule has 0 radical (unpaired) electrons. The van der Waals surface area contributed by atoms with Gasteiger partial charge in [-0.15, -0.1) is 34.5 Å². The fourth-order valence-electron chi connectivity index (χ4n) is 4.02. The third-order valence-electron chi connectivity index (χ3n) is 6.01. The monoisotopic (exact) mass is 533 g/mol. The van der Waals surface area contributed by atoms with Crippen molar-refractivity contribution in [2.45, 2.75) is 85.5 Å². The molecule has 3 aromatic rings. The molecule has 0 fully saturated rings. The normalized spacial score (nSPS) is 11.9. The summed E-state index contributed by atoms with van der Waals surface area (Å²) < 4.78 is 0. The maximum atomic E-state index is 4.93. The van der Waals surface area contributed by atoms with Crippen LogP contribution < -0.4 is 0 Å². The topological polar surface area (TPSA) is 0 Å². The number of fused-ring (bicyclic) bond motifs is 1. The van der Waals surface area contributed by atoms with Crippen molar-refractivity contribution in [1.82, 2.24) is 0 Å². The van der Waals surface area contributed by atoms with Crippen LogP contribution in [0.5, 0.6) is 0 Å². The molecule has 3 rings (SSSR count). The molecule has 0 unspecified atom stereocenters. The van der Waals surface area contributed by atoms with Gasteiger partial charge in [0.05, 0.1) is 0 Å². The van der Waals surface area contributed by atoms with Crippen molar-refractivity contribution in [3.63, 3.8) is 0 Å².